The van der Waals surface area contributed by atoms with Gasteiger partial charge in [-0.3, -0.25) is 4.90 Å². The molecule has 2 aromatic rings. The average Bonchev–Trinajstić information content (AvgIpc) is 3.11. The Labute approximate surface area is 138 Å². The highest BCUT2D eigenvalue weighted by Gasteiger charge is 2.17. The van der Waals surface area contributed by atoms with Crippen LogP contribution in [0.4, 0.5) is 0 Å². The Morgan fingerprint density at radius 2 is 2.09 bits per heavy atom. The summed E-state index contributed by atoms with van der Waals surface area (Å²) in [7, 11) is 0. The van der Waals surface area contributed by atoms with E-state index in [1.807, 2.05) is 0 Å². The Kier molecular flexibility index (Phi) is 5.41. The minimum Gasteiger partial charge on any atom is -0.309 e. The molecule has 2 atom stereocenters. The van der Waals surface area contributed by atoms with Crippen molar-refractivity contribution in [1.29, 1.82) is 0 Å². The Balaban J connectivity index is 1.49. The zero-order valence-corrected chi connectivity index (χ0v) is 14.2. The predicted molar refractivity (Wildman–Crippen MR) is 92.7 cm³/mol. The summed E-state index contributed by atoms with van der Waals surface area (Å²) < 4.78 is 1.78. The third kappa shape index (κ3) is 4.18. The first-order valence-corrected chi connectivity index (χ1v) is 8.66. The predicted octanol–water partition coefficient (Wildman–Crippen LogP) is 2.79. The molecular weight excluding hydrogens is 286 g/mol. The number of nitrogens with one attached hydrogen (secondary N) is 1. The molecule has 1 aromatic carbocycles. The van der Waals surface area contributed by atoms with Gasteiger partial charge in [-0.05, 0) is 50.9 Å². The van der Waals surface area contributed by atoms with E-state index in [4.69, 9.17) is 0 Å². The van der Waals surface area contributed by atoms with Gasteiger partial charge in [-0.2, -0.15) is 5.10 Å². The molecule has 0 amide bonds. The molecular formula is C18H27N5. The van der Waals surface area contributed by atoms with Crippen LogP contribution in [0.25, 0.3) is 5.69 Å². The summed E-state index contributed by atoms with van der Waals surface area (Å²) in [5.74, 6) is 0. The van der Waals surface area contributed by atoms with Gasteiger partial charge in [-0.25, -0.2) is 9.67 Å². The van der Waals surface area contributed by atoms with Gasteiger partial charge in [0.05, 0.1) is 5.69 Å². The summed E-state index contributed by atoms with van der Waals surface area (Å²) in [5.41, 5.74) is 2.35. The molecule has 3 rings (SSSR count). The van der Waals surface area contributed by atoms with Crippen molar-refractivity contribution in [2.75, 3.05) is 19.6 Å². The van der Waals surface area contributed by atoms with Gasteiger partial charge in [0, 0.05) is 25.2 Å². The van der Waals surface area contributed by atoms with Crippen molar-refractivity contribution in [2.45, 2.75) is 45.2 Å². The molecule has 23 heavy (non-hydrogen) atoms. The maximum atomic E-state index is 4.15. The van der Waals surface area contributed by atoms with E-state index in [0.29, 0.717) is 6.04 Å². The highest BCUT2D eigenvalue weighted by molar-refractivity contribution is 5.34. The molecule has 1 aliphatic heterocycles. The van der Waals surface area contributed by atoms with Gasteiger partial charge in [0.15, 0.2) is 0 Å². The van der Waals surface area contributed by atoms with E-state index in [1.54, 1.807) is 17.3 Å². The first-order chi connectivity index (χ1) is 11.2. The fraction of sp³-hybridized carbons (Fsp3) is 0.556. The minimum atomic E-state index is 0.361. The first kappa shape index (κ1) is 16.1. The number of piperidine rings is 1. The fourth-order valence-corrected chi connectivity index (χ4v) is 3.29. The van der Waals surface area contributed by atoms with E-state index in [-0.39, 0.29) is 0 Å². The molecule has 0 bridgehead atoms. The highest BCUT2D eigenvalue weighted by atomic mass is 15.3. The van der Waals surface area contributed by atoms with Crippen LogP contribution in [0.15, 0.2) is 36.9 Å². The maximum absolute atomic E-state index is 4.15. The van der Waals surface area contributed by atoms with Crippen molar-refractivity contribution in [2.24, 2.45) is 0 Å². The molecule has 0 unspecified atom stereocenters. The third-order valence-corrected chi connectivity index (χ3v) is 4.87. The van der Waals surface area contributed by atoms with Crippen LogP contribution in [0.2, 0.25) is 0 Å². The summed E-state index contributed by atoms with van der Waals surface area (Å²) in [6.07, 6.45) is 7.36. The molecule has 0 radical (unpaired) electrons. The second-order valence-electron chi connectivity index (χ2n) is 6.49. The SMILES string of the molecule is C[C@H](NCCN1CCCC[C@H]1C)c1ccc(-n2cncn2)cc1. The van der Waals surface area contributed by atoms with Crippen molar-refractivity contribution < 1.29 is 0 Å². The van der Waals surface area contributed by atoms with E-state index in [0.717, 1.165) is 24.8 Å². The zero-order valence-electron chi connectivity index (χ0n) is 14.2. The monoisotopic (exact) mass is 313 g/mol. The lowest BCUT2D eigenvalue weighted by Gasteiger charge is -2.33. The standard InChI is InChI=1S/C18H27N5/c1-15-5-3-4-11-22(15)12-10-20-16(2)17-6-8-18(9-7-17)23-14-19-13-21-23/h6-9,13-16,20H,3-5,10-12H2,1-2H3/t15-,16+/m1/s1. The Hall–Kier alpha value is -1.72. The molecule has 1 N–H and O–H groups in total. The zero-order chi connectivity index (χ0) is 16.1. The minimum absolute atomic E-state index is 0.361. The molecule has 1 fully saturated rings. The summed E-state index contributed by atoms with van der Waals surface area (Å²) in [6, 6.07) is 9.61. The molecule has 0 spiro atoms. The van der Waals surface area contributed by atoms with Crippen LogP contribution >= 0.6 is 0 Å². The van der Waals surface area contributed by atoms with Gasteiger partial charge in [0.1, 0.15) is 12.7 Å². The highest BCUT2D eigenvalue weighted by Crippen LogP contribution is 2.17. The number of hydrogen-bond acceptors (Lipinski definition) is 4. The maximum Gasteiger partial charge on any atom is 0.138 e. The molecule has 1 aromatic heterocycles. The number of aromatic nitrogens is 3. The number of benzene rings is 1. The molecule has 124 valence electrons. The average molecular weight is 313 g/mol. The molecule has 1 aliphatic rings. The molecule has 0 aliphatic carbocycles. The number of nitrogens with zero attached hydrogens (tertiary/aromatic N) is 4. The van der Waals surface area contributed by atoms with Crippen LogP contribution in [0, 0.1) is 0 Å². The van der Waals surface area contributed by atoms with Gasteiger partial charge >= 0.3 is 0 Å². The molecule has 5 heteroatoms. The lowest BCUT2D eigenvalue weighted by Crippen LogP contribution is -2.41. The lowest BCUT2D eigenvalue weighted by molar-refractivity contribution is 0.160. The van der Waals surface area contributed by atoms with Gasteiger partial charge < -0.3 is 5.32 Å². The quantitative estimate of drug-likeness (QED) is 0.891. The van der Waals surface area contributed by atoms with Crippen molar-refractivity contribution in [3.63, 3.8) is 0 Å². The summed E-state index contributed by atoms with van der Waals surface area (Å²) in [4.78, 5) is 6.59. The largest absolute Gasteiger partial charge is 0.309 e. The van der Waals surface area contributed by atoms with Crippen LogP contribution in [0.3, 0.4) is 0 Å². The van der Waals surface area contributed by atoms with Crippen LogP contribution in [-0.2, 0) is 0 Å². The van der Waals surface area contributed by atoms with Crippen molar-refractivity contribution in [1.82, 2.24) is 25.0 Å². The van der Waals surface area contributed by atoms with Gasteiger partial charge in [-0.1, -0.05) is 18.6 Å². The van der Waals surface area contributed by atoms with E-state index >= 15 is 0 Å². The normalized spacial score (nSPS) is 20.5. The van der Waals surface area contributed by atoms with Crippen molar-refractivity contribution >= 4 is 0 Å². The topological polar surface area (TPSA) is 46.0 Å². The Morgan fingerprint density at radius 1 is 1.26 bits per heavy atom. The van der Waals surface area contributed by atoms with Crippen LogP contribution in [0.5, 0.6) is 0 Å². The van der Waals surface area contributed by atoms with E-state index in [2.05, 4.69) is 58.4 Å². The Morgan fingerprint density at radius 3 is 2.78 bits per heavy atom. The van der Waals surface area contributed by atoms with E-state index in [1.165, 1.54) is 31.4 Å². The van der Waals surface area contributed by atoms with E-state index in [9.17, 15) is 0 Å². The number of hydrogen-bond donors (Lipinski definition) is 1. The molecule has 2 heterocycles. The fourth-order valence-electron chi connectivity index (χ4n) is 3.29. The number of rotatable bonds is 6. The van der Waals surface area contributed by atoms with Crippen LogP contribution < -0.4 is 5.32 Å². The van der Waals surface area contributed by atoms with Crippen LogP contribution in [-0.4, -0.2) is 45.3 Å². The molecule has 1 saturated heterocycles. The van der Waals surface area contributed by atoms with E-state index < -0.39 is 0 Å². The van der Waals surface area contributed by atoms with Gasteiger partial charge in [0.25, 0.3) is 0 Å². The second kappa shape index (κ2) is 7.70. The van der Waals surface area contributed by atoms with Crippen molar-refractivity contribution in [3.05, 3.63) is 42.5 Å². The summed E-state index contributed by atoms with van der Waals surface area (Å²) >= 11 is 0. The van der Waals surface area contributed by atoms with Crippen molar-refractivity contribution in [3.8, 4) is 5.69 Å². The summed E-state index contributed by atoms with van der Waals surface area (Å²) in [6.45, 7) is 8.01. The van der Waals surface area contributed by atoms with Crippen LogP contribution in [0.1, 0.15) is 44.7 Å². The lowest BCUT2D eigenvalue weighted by atomic mass is 10.0. The van der Waals surface area contributed by atoms with Gasteiger partial charge in [0.2, 0.25) is 0 Å². The third-order valence-electron chi connectivity index (χ3n) is 4.87. The second-order valence-corrected chi connectivity index (χ2v) is 6.49. The number of likely N-dealkylation sites (tertiary alicyclic amines) is 1. The first-order valence-electron chi connectivity index (χ1n) is 8.66. The molecule has 0 saturated carbocycles. The summed E-state index contributed by atoms with van der Waals surface area (Å²) in [5, 5.41) is 7.80. The van der Waals surface area contributed by atoms with Gasteiger partial charge in [-0.15, -0.1) is 0 Å². The molecule has 5 nitrogen and oxygen atoms in total. The smallest absolute Gasteiger partial charge is 0.138 e. The Bertz CT molecular complexity index is 578.